The van der Waals surface area contributed by atoms with Gasteiger partial charge in [-0.05, 0) is 31.4 Å². The molecule has 0 bridgehead atoms. The maximum atomic E-state index is 13.2. The van der Waals surface area contributed by atoms with Crippen molar-refractivity contribution in [3.05, 3.63) is 18.2 Å². The summed E-state index contributed by atoms with van der Waals surface area (Å²) in [6, 6.07) is 4.36. The van der Waals surface area contributed by atoms with E-state index >= 15 is 0 Å². The van der Waals surface area contributed by atoms with Crippen LogP contribution in [0.3, 0.4) is 0 Å². The van der Waals surface area contributed by atoms with Crippen molar-refractivity contribution in [2.24, 2.45) is 0 Å². The third-order valence-corrected chi connectivity index (χ3v) is 6.56. The average Bonchev–Trinajstić information content (AvgIpc) is 3.55. The lowest BCUT2D eigenvalue weighted by Crippen LogP contribution is -2.53. The molecule has 0 radical (unpaired) electrons. The number of hydrogen-bond acceptors (Lipinski definition) is 7. The van der Waals surface area contributed by atoms with Crippen LogP contribution in [-0.4, -0.2) is 70.7 Å². The van der Waals surface area contributed by atoms with Gasteiger partial charge in [-0.25, -0.2) is 8.42 Å². The molecule has 2 fully saturated rings. The molecular weight excluding hydrogens is 402 g/mol. The fourth-order valence-electron chi connectivity index (χ4n) is 2.95. The Labute approximate surface area is 169 Å². The molecule has 2 N–H and O–H groups in total. The quantitative estimate of drug-likeness (QED) is 0.580. The molecule has 1 aliphatic carbocycles. The van der Waals surface area contributed by atoms with E-state index < -0.39 is 28.1 Å². The van der Waals surface area contributed by atoms with Crippen molar-refractivity contribution in [3.63, 3.8) is 0 Å². The molecule has 11 heteroatoms. The predicted molar refractivity (Wildman–Crippen MR) is 102 cm³/mol. The Morgan fingerprint density at radius 1 is 1.17 bits per heavy atom. The second-order valence-electron chi connectivity index (χ2n) is 6.77. The Hall–Kier alpha value is -2.37. The molecule has 2 aliphatic rings. The SMILES string of the molecule is COc1ccc(S(=O)(=O)N2CCCO[C@H]2CNC(=O)C(=O)NC2CC2)cc1OC. The van der Waals surface area contributed by atoms with E-state index in [0.29, 0.717) is 18.8 Å². The molecule has 2 amide bonds. The van der Waals surface area contributed by atoms with E-state index in [1.807, 2.05) is 0 Å². The van der Waals surface area contributed by atoms with Crippen LogP contribution in [0.25, 0.3) is 0 Å². The molecule has 29 heavy (non-hydrogen) atoms. The van der Waals surface area contributed by atoms with Crippen LogP contribution in [0.5, 0.6) is 11.5 Å². The van der Waals surface area contributed by atoms with Crippen molar-refractivity contribution in [3.8, 4) is 11.5 Å². The van der Waals surface area contributed by atoms with E-state index in [4.69, 9.17) is 14.2 Å². The molecule has 1 heterocycles. The van der Waals surface area contributed by atoms with E-state index in [1.165, 1.54) is 36.7 Å². The Bertz CT molecular complexity index is 870. The molecule has 0 spiro atoms. The second kappa shape index (κ2) is 8.97. The first-order valence-electron chi connectivity index (χ1n) is 9.31. The van der Waals surface area contributed by atoms with Gasteiger partial charge in [0, 0.05) is 18.7 Å². The van der Waals surface area contributed by atoms with Crippen molar-refractivity contribution < 1.29 is 32.2 Å². The fraction of sp³-hybridized carbons (Fsp3) is 0.556. The molecule has 3 rings (SSSR count). The number of rotatable bonds is 7. The van der Waals surface area contributed by atoms with Gasteiger partial charge >= 0.3 is 11.8 Å². The molecule has 160 valence electrons. The minimum atomic E-state index is -3.92. The Morgan fingerprint density at radius 2 is 1.90 bits per heavy atom. The second-order valence-corrected chi connectivity index (χ2v) is 8.66. The van der Waals surface area contributed by atoms with Crippen LogP contribution < -0.4 is 20.1 Å². The average molecular weight is 427 g/mol. The van der Waals surface area contributed by atoms with Gasteiger partial charge in [0.05, 0.1) is 32.3 Å². The van der Waals surface area contributed by atoms with Gasteiger partial charge in [-0.15, -0.1) is 0 Å². The van der Waals surface area contributed by atoms with Crippen molar-refractivity contribution in [2.75, 3.05) is 33.9 Å². The van der Waals surface area contributed by atoms with Crippen molar-refractivity contribution in [1.29, 1.82) is 0 Å². The summed E-state index contributed by atoms with van der Waals surface area (Å²) < 4.78 is 43.4. The molecule has 1 aromatic rings. The third kappa shape index (κ3) is 4.98. The van der Waals surface area contributed by atoms with Gasteiger partial charge in [-0.2, -0.15) is 4.31 Å². The number of hydrogen-bond donors (Lipinski definition) is 2. The van der Waals surface area contributed by atoms with E-state index in [0.717, 1.165) is 12.8 Å². The molecule has 1 aromatic carbocycles. The predicted octanol–water partition coefficient (Wildman–Crippen LogP) is -0.164. The lowest BCUT2D eigenvalue weighted by Gasteiger charge is -2.34. The number of nitrogens with zero attached hydrogens (tertiary/aromatic N) is 1. The summed E-state index contributed by atoms with van der Waals surface area (Å²) in [7, 11) is -1.04. The standard InChI is InChI=1S/C18H25N3O7S/c1-26-14-7-6-13(10-15(14)27-2)29(24,25)21-8-3-9-28-16(21)11-19-17(22)18(23)20-12-4-5-12/h6-7,10,12,16H,3-5,8-9,11H2,1-2H3,(H,19,22)(H,20,23)/t16-/m0/s1. The number of methoxy groups -OCH3 is 2. The van der Waals surface area contributed by atoms with Crippen LogP contribution in [0.15, 0.2) is 23.1 Å². The van der Waals surface area contributed by atoms with Crippen LogP contribution in [0.2, 0.25) is 0 Å². The van der Waals surface area contributed by atoms with Crippen LogP contribution >= 0.6 is 0 Å². The van der Waals surface area contributed by atoms with Gasteiger partial charge in [0.15, 0.2) is 11.5 Å². The number of carbonyl (C=O) groups is 2. The maximum Gasteiger partial charge on any atom is 0.309 e. The maximum absolute atomic E-state index is 13.2. The number of ether oxygens (including phenoxy) is 3. The Morgan fingerprint density at radius 3 is 2.55 bits per heavy atom. The van der Waals surface area contributed by atoms with E-state index in [9.17, 15) is 18.0 Å². The van der Waals surface area contributed by atoms with Crippen molar-refractivity contribution >= 4 is 21.8 Å². The van der Waals surface area contributed by atoms with E-state index in [-0.39, 0.29) is 29.8 Å². The number of carbonyl (C=O) groups excluding carboxylic acids is 2. The monoisotopic (exact) mass is 427 g/mol. The highest BCUT2D eigenvalue weighted by Crippen LogP contribution is 2.31. The molecule has 0 unspecified atom stereocenters. The molecule has 1 saturated heterocycles. The third-order valence-electron chi connectivity index (χ3n) is 4.67. The van der Waals surface area contributed by atoms with Gasteiger partial charge in [-0.1, -0.05) is 0 Å². The number of amides is 2. The summed E-state index contributed by atoms with van der Waals surface area (Å²) in [5.74, 6) is -0.841. The van der Waals surface area contributed by atoms with Crippen LogP contribution in [0, 0.1) is 0 Å². The Balaban J connectivity index is 1.72. The smallest absolute Gasteiger partial charge is 0.309 e. The fourth-order valence-corrected chi connectivity index (χ4v) is 4.54. The summed E-state index contributed by atoms with van der Waals surface area (Å²) >= 11 is 0. The first kappa shape index (κ1) is 21.3. The van der Waals surface area contributed by atoms with Crippen LogP contribution in [0.4, 0.5) is 0 Å². The zero-order valence-corrected chi connectivity index (χ0v) is 17.2. The van der Waals surface area contributed by atoms with Crippen LogP contribution in [-0.2, 0) is 24.3 Å². The van der Waals surface area contributed by atoms with Gasteiger partial charge in [0.25, 0.3) is 0 Å². The highest BCUT2D eigenvalue weighted by atomic mass is 32.2. The lowest BCUT2D eigenvalue weighted by atomic mass is 10.3. The minimum Gasteiger partial charge on any atom is -0.493 e. The van der Waals surface area contributed by atoms with E-state index in [1.54, 1.807) is 0 Å². The normalized spacial score (nSPS) is 20.0. The highest BCUT2D eigenvalue weighted by Gasteiger charge is 2.35. The minimum absolute atomic E-state index is 0.0171. The summed E-state index contributed by atoms with van der Waals surface area (Å²) in [4.78, 5) is 23.7. The lowest BCUT2D eigenvalue weighted by molar-refractivity contribution is -0.140. The summed E-state index contributed by atoms with van der Waals surface area (Å²) in [6.45, 7) is 0.446. The van der Waals surface area contributed by atoms with Gasteiger partial charge in [0.2, 0.25) is 10.0 Å². The topological polar surface area (TPSA) is 123 Å². The summed E-state index contributed by atoms with van der Waals surface area (Å²) in [5, 5.41) is 5.04. The number of nitrogens with one attached hydrogen (secondary N) is 2. The first-order valence-corrected chi connectivity index (χ1v) is 10.7. The van der Waals surface area contributed by atoms with Gasteiger partial charge in [-0.3, -0.25) is 9.59 Å². The molecular formula is C18H25N3O7S. The zero-order valence-electron chi connectivity index (χ0n) is 16.3. The molecule has 1 atom stereocenters. The zero-order chi connectivity index (χ0) is 21.0. The molecule has 1 aliphatic heterocycles. The highest BCUT2D eigenvalue weighted by molar-refractivity contribution is 7.89. The summed E-state index contributed by atoms with van der Waals surface area (Å²) in [5.41, 5.74) is 0. The molecule has 1 saturated carbocycles. The van der Waals surface area contributed by atoms with Crippen molar-refractivity contribution in [1.82, 2.24) is 14.9 Å². The number of benzene rings is 1. The first-order chi connectivity index (χ1) is 13.9. The number of sulfonamides is 1. The largest absolute Gasteiger partial charge is 0.493 e. The summed E-state index contributed by atoms with van der Waals surface area (Å²) in [6.07, 6.45) is 1.32. The molecule has 10 nitrogen and oxygen atoms in total. The van der Waals surface area contributed by atoms with E-state index in [2.05, 4.69) is 10.6 Å². The van der Waals surface area contributed by atoms with Crippen LogP contribution in [0.1, 0.15) is 19.3 Å². The Kier molecular flexibility index (Phi) is 6.60. The van der Waals surface area contributed by atoms with Crippen molar-refractivity contribution in [2.45, 2.75) is 36.4 Å². The molecule has 0 aromatic heterocycles. The van der Waals surface area contributed by atoms with Gasteiger partial charge in [0.1, 0.15) is 6.23 Å². The van der Waals surface area contributed by atoms with Gasteiger partial charge < -0.3 is 24.8 Å².